The highest BCUT2D eigenvalue weighted by atomic mass is 35.5. The number of nitrogens with zero attached hydrogens (tertiary/aromatic N) is 1. The lowest BCUT2D eigenvalue weighted by molar-refractivity contribution is 0.130. The smallest absolute Gasteiger partial charge is 0.0470 e. The van der Waals surface area contributed by atoms with Crippen LogP contribution in [0.15, 0.2) is 11.4 Å². The lowest BCUT2D eigenvalue weighted by Crippen LogP contribution is -2.46. The molecule has 1 fully saturated rings. The molecular formula is C14H26Cl2N2S. The Morgan fingerprint density at radius 3 is 2.42 bits per heavy atom. The Morgan fingerprint density at radius 2 is 1.95 bits per heavy atom. The number of hydrogen-bond acceptors (Lipinski definition) is 3. The third-order valence-corrected chi connectivity index (χ3v) is 4.99. The predicted octanol–water partition coefficient (Wildman–Crippen LogP) is 3.89. The van der Waals surface area contributed by atoms with Gasteiger partial charge in [-0.15, -0.1) is 36.2 Å². The first-order chi connectivity index (χ1) is 8.24. The zero-order valence-corrected chi connectivity index (χ0v) is 14.5. The van der Waals surface area contributed by atoms with E-state index in [0.717, 1.165) is 19.0 Å². The van der Waals surface area contributed by atoms with Crippen LogP contribution < -0.4 is 5.32 Å². The fourth-order valence-electron chi connectivity index (χ4n) is 2.66. The molecule has 2 heterocycles. The predicted molar refractivity (Wildman–Crippen MR) is 90.2 cm³/mol. The summed E-state index contributed by atoms with van der Waals surface area (Å²) in [5.41, 5.74) is 1.47. The van der Waals surface area contributed by atoms with Crippen LogP contribution in [0.2, 0.25) is 0 Å². The van der Waals surface area contributed by atoms with Crippen molar-refractivity contribution in [3.63, 3.8) is 0 Å². The van der Waals surface area contributed by atoms with Crippen LogP contribution in [-0.2, 0) is 0 Å². The topological polar surface area (TPSA) is 15.3 Å². The highest BCUT2D eigenvalue weighted by molar-refractivity contribution is 7.10. The van der Waals surface area contributed by atoms with Gasteiger partial charge >= 0.3 is 0 Å². The van der Waals surface area contributed by atoms with E-state index in [9.17, 15) is 0 Å². The number of halogens is 2. The second kappa shape index (κ2) is 9.19. The third-order valence-electron chi connectivity index (χ3n) is 3.90. The molecule has 0 aliphatic carbocycles. The van der Waals surface area contributed by atoms with Crippen LogP contribution in [0.5, 0.6) is 0 Å². The van der Waals surface area contributed by atoms with E-state index in [1.807, 2.05) is 11.3 Å². The van der Waals surface area contributed by atoms with E-state index in [2.05, 4.69) is 42.4 Å². The van der Waals surface area contributed by atoms with Gasteiger partial charge in [0, 0.05) is 37.1 Å². The lowest BCUT2D eigenvalue weighted by atomic mass is 9.94. The monoisotopic (exact) mass is 324 g/mol. The average Bonchev–Trinajstić information content (AvgIpc) is 2.77. The third kappa shape index (κ3) is 4.61. The van der Waals surface area contributed by atoms with E-state index in [1.54, 1.807) is 4.88 Å². The van der Waals surface area contributed by atoms with Crippen LogP contribution in [0.1, 0.15) is 36.8 Å². The zero-order chi connectivity index (χ0) is 12.3. The Bertz CT molecular complexity index is 351. The fourth-order valence-corrected chi connectivity index (χ4v) is 3.85. The van der Waals surface area contributed by atoms with Crippen LogP contribution in [0, 0.1) is 12.8 Å². The maximum absolute atomic E-state index is 3.45. The van der Waals surface area contributed by atoms with Gasteiger partial charge in [-0.3, -0.25) is 4.90 Å². The van der Waals surface area contributed by atoms with Crippen molar-refractivity contribution >= 4 is 36.2 Å². The van der Waals surface area contributed by atoms with Crippen LogP contribution in [0.4, 0.5) is 0 Å². The van der Waals surface area contributed by atoms with E-state index in [-0.39, 0.29) is 24.8 Å². The molecule has 0 amide bonds. The second-order valence-corrected chi connectivity index (χ2v) is 6.03. The summed E-state index contributed by atoms with van der Waals surface area (Å²) in [5.74, 6) is 0.741. The van der Waals surface area contributed by atoms with Gasteiger partial charge in [-0.2, -0.15) is 0 Å². The maximum Gasteiger partial charge on any atom is 0.0470 e. The van der Waals surface area contributed by atoms with Crippen molar-refractivity contribution < 1.29 is 0 Å². The normalized spacial score (nSPS) is 19.1. The Hall–Kier alpha value is 0.200. The van der Waals surface area contributed by atoms with Crippen LogP contribution in [-0.4, -0.2) is 31.1 Å². The molecule has 1 aromatic heterocycles. The number of thiophene rings is 1. The molecule has 1 N–H and O–H groups in total. The van der Waals surface area contributed by atoms with Gasteiger partial charge in [-0.25, -0.2) is 0 Å². The molecule has 0 bridgehead atoms. The van der Waals surface area contributed by atoms with Gasteiger partial charge in [0.2, 0.25) is 0 Å². The summed E-state index contributed by atoms with van der Waals surface area (Å²) < 4.78 is 0. The summed E-state index contributed by atoms with van der Waals surface area (Å²) in [4.78, 5) is 4.25. The average molecular weight is 325 g/mol. The first kappa shape index (κ1) is 19.2. The molecule has 5 heteroatoms. The van der Waals surface area contributed by atoms with Crippen molar-refractivity contribution in [1.29, 1.82) is 0 Å². The largest absolute Gasteiger partial charge is 0.314 e. The molecule has 2 rings (SSSR count). The van der Waals surface area contributed by atoms with Crippen molar-refractivity contribution in [2.75, 3.05) is 26.2 Å². The Morgan fingerprint density at radius 1 is 1.32 bits per heavy atom. The Labute approximate surface area is 133 Å². The number of hydrogen-bond donors (Lipinski definition) is 1. The van der Waals surface area contributed by atoms with Crippen molar-refractivity contribution in [2.45, 2.75) is 33.2 Å². The summed E-state index contributed by atoms with van der Waals surface area (Å²) in [6, 6.07) is 2.89. The molecule has 1 unspecified atom stereocenters. The molecule has 0 aromatic carbocycles. The van der Waals surface area contributed by atoms with Crippen LogP contribution >= 0.6 is 36.2 Å². The summed E-state index contributed by atoms with van der Waals surface area (Å²) in [6.45, 7) is 11.6. The second-order valence-electron chi connectivity index (χ2n) is 5.08. The summed E-state index contributed by atoms with van der Waals surface area (Å²) in [5, 5.41) is 5.69. The highest BCUT2D eigenvalue weighted by Crippen LogP contribution is 2.35. The molecular weight excluding hydrogens is 299 g/mol. The van der Waals surface area contributed by atoms with Crippen molar-refractivity contribution in [1.82, 2.24) is 10.2 Å². The van der Waals surface area contributed by atoms with Crippen molar-refractivity contribution in [2.24, 2.45) is 5.92 Å². The first-order valence-electron chi connectivity index (χ1n) is 6.72. The molecule has 1 aliphatic rings. The molecule has 2 atom stereocenters. The number of nitrogens with one attached hydrogen (secondary N) is 1. The summed E-state index contributed by atoms with van der Waals surface area (Å²) in [6.07, 6.45) is 1.26. The van der Waals surface area contributed by atoms with Crippen molar-refractivity contribution in [3.8, 4) is 0 Å². The summed E-state index contributed by atoms with van der Waals surface area (Å²) in [7, 11) is 0. The molecule has 19 heavy (non-hydrogen) atoms. The number of piperazine rings is 1. The molecule has 1 saturated heterocycles. The van der Waals surface area contributed by atoms with Crippen molar-refractivity contribution in [3.05, 3.63) is 21.9 Å². The van der Waals surface area contributed by atoms with E-state index >= 15 is 0 Å². The quantitative estimate of drug-likeness (QED) is 0.903. The molecule has 0 saturated carbocycles. The van der Waals surface area contributed by atoms with Crippen LogP contribution in [0.25, 0.3) is 0 Å². The molecule has 2 nitrogen and oxygen atoms in total. The van der Waals surface area contributed by atoms with E-state index in [0.29, 0.717) is 6.04 Å². The molecule has 1 aromatic rings. The molecule has 0 spiro atoms. The number of aryl methyl sites for hydroxylation is 1. The zero-order valence-electron chi connectivity index (χ0n) is 12.0. The fraction of sp³-hybridized carbons (Fsp3) is 0.714. The molecule has 112 valence electrons. The van der Waals surface area contributed by atoms with Gasteiger partial charge in [0.1, 0.15) is 0 Å². The van der Waals surface area contributed by atoms with Gasteiger partial charge in [-0.1, -0.05) is 20.3 Å². The van der Waals surface area contributed by atoms with E-state index < -0.39 is 0 Å². The minimum Gasteiger partial charge on any atom is -0.314 e. The van der Waals surface area contributed by atoms with E-state index in [1.165, 1.54) is 25.1 Å². The Balaban J connectivity index is 0.00000162. The number of rotatable bonds is 4. The minimum absolute atomic E-state index is 0. The minimum atomic E-state index is 0. The van der Waals surface area contributed by atoms with Gasteiger partial charge < -0.3 is 5.32 Å². The SMILES string of the molecule is CCC(C)[C@H](c1sccc1C)N1CCNCC1.Cl.Cl. The van der Waals surface area contributed by atoms with Crippen LogP contribution in [0.3, 0.4) is 0 Å². The van der Waals surface area contributed by atoms with Gasteiger partial charge in [0.05, 0.1) is 0 Å². The van der Waals surface area contributed by atoms with Gasteiger partial charge in [-0.05, 0) is 29.9 Å². The Kier molecular flexibility index (Phi) is 9.29. The lowest BCUT2D eigenvalue weighted by Gasteiger charge is -2.38. The van der Waals surface area contributed by atoms with E-state index in [4.69, 9.17) is 0 Å². The maximum atomic E-state index is 3.45. The standard InChI is InChI=1S/C14H24N2S.2ClH/c1-4-11(2)13(14-12(3)5-10-17-14)16-8-6-15-7-9-16;;/h5,10-11,13,15H,4,6-9H2,1-3H3;2*1H/t11?,13-;;/m1../s1. The molecule has 0 radical (unpaired) electrons. The summed E-state index contributed by atoms with van der Waals surface area (Å²) >= 11 is 1.93. The van der Waals surface area contributed by atoms with Gasteiger partial charge in [0.25, 0.3) is 0 Å². The molecule has 1 aliphatic heterocycles. The van der Waals surface area contributed by atoms with Gasteiger partial charge in [0.15, 0.2) is 0 Å². The first-order valence-corrected chi connectivity index (χ1v) is 7.60. The highest BCUT2D eigenvalue weighted by Gasteiger charge is 2.28.